The lowest BCUT2D eigenvalue weighted by molar-refractivity contribution is -0.123. The van der Waals surface area contributed by atoms with Crippen LogP contribution in [0.1, 0.15) is 13.8 Å². The number of rotatable bonds is 8. The minimum Gasteiger partial charge on any atom is -0.490 e. The van der Waals surface area contributed by atoms with E-state index in [1.807, 2.05) is 19.1 Å². The van der Waals surface area contributed by atoms with Gasteiger partial charge < -0.3 is 20.1 Å². The lowest BCUT2D eigenvalue weighted by Gasteiger charge is -2.11. The Balaban J connectivity index is 2.32. The van der Waals surface area contributed by atoms with E-state index < -0.39 is 0 Å². The maximum absolute atomic E-state index is 11.5. The molecule has 1 aromatic rings. The fraction of sp³-hybridized carbons (Fsp3) is 0.429. The zero-order chi connectivity index (χ0) is 14.8. The predicted molar refractivity (Wildman–Crippen MR) is 74.8 cm³/mol. The quantitative estimate of drug-likeness (QED) is 0.688. The highest BCUT2D eigenvalue weighted by molar-refractivity contribution is 5.77. The molecule has 0 unspecified atom stereocenters. The summed E-state index contributed by atoms with van der Waals surface area (Å²) in [5.74, 6) is 0.773. The molecule has 0 aromatic heterocycles. The van der Waals surface area contributed by atoms with Crippen molar-refractivity contribution in [2.75, 3.05) is 26.3 Å². The number of hydrogen-bond donors (Lipinski definition) is 2. The van der Waals surface area contributed by atoms with Crippen LogP contribution in [0.2, 0.25) is 0 Å². The highest BCUT2D eigenvalue weighted by atomic mass is 16.5. The van der Waals surface area contributed by atoms with E-state index in [1.165, 1.54) is 6.92 Å². The topological polar surface area (TPSA) is 76.7 Å². The molecule has 6 nitrogen and oxygen atoms in total. The van der Waals surface area contributed by atoms with Gasteiger partial charge in [-0.2, -0.15) is 0 Å². The third kappa shape index (κ3) is 6.08. The highest BCUT2D eigenvalue weighted by Crippen LogP contribution is 2.26. The van der Waals surface area contributed by atoms with Crippen LogP contribution in [0.25, 0.3) is 0 Å². The molecule has 2 amide bonds. The fourth-order valence-corrected chi connectivity index (χ4v) is 1.48. The Bertz CT molecular complexity index is 449. The third-order valence-corrected chi connectivity index (χ3v) is 2.33. The van der Waals surface area contributed by atoms with E-state index in [0.29, 0.717) is 31.2 Å². The smallest absolute Gasteiger partial charge is 0.258 e. The number of carbonyl (C=O) groups excluding carboxylic acids is 2. The van der Waals surface area contributed by atoms with Gasteiger partial charge in [0, 0.05) is 20.0 Å². The summed E-state index contributed by atoms with van der Waals surface area (Å²) < 4.78 is 10.8. The Labute approximate surface area is 118 Å². The summed E-state index contributed by atoms with van der Waals surface area (Å²) >= 11 is 0. The van der Waals surface area contributed by atoms with E-state index in [4.69, 9.17) is 9.47 Å². The normalized spacial score (nSPS) is 9.70. The van der Waals surface area contributed by atoms with Gasteiger partial charge in [0.2, 0.25) is 5.91 Å². The van der Waals surface area contributed by atoms with Gasteiger partial charge in [0.1, 0.15) is 0 Å². The van der Waals surface area contributed by atoms with Gasteiger partial charge in [-0.1, -0.05) is 12.1 Å². The number of benzene rings is 1. The monoisotopic (exact) mass is 280 g/mol. The van der Waals surface area contributed by atoms with Crippen LogP contribution in [0.3, 0.4) is 0 Å². The van der Waals surface area contributed by atoms with Gasteiger partial charge in [-0.25, -0.2) is 0 Å². The number of carbonyl (C=O) groups is 2. The Morgan fingerprint density at radius 3 is 2.25 bits per heavy atom. The summed E-state index contributed by atoms with van der Waals surface area (Å²) in [5, 5.41) is 5.23. The third-order valence-electron chi connectivity index (χ3n) is 2.33. The maximum atomic E-state index is 11.5. The minimum absolute atomic E-state index is 0.0931. The molecule has 0 aliphatic heterocycles. The van der Waals surface area contributed by atoms with Crippen LogP contribution in [0.4, 0.5) is 0 Å². The number of amides is 2. The van der Waals surface area contributed by atoms with Gasteiger partial charge in [-0.05, 0) is 19.1 Å². The van der Waals surface area contributed by atoms with Crippen molar-refractivity contribution < 1.29 is 19.1 Å². The molecular weight excluding hydrogens is 260 g/mol. The largest absolute Gasteiger partial charge is 0.490 e. The van der Waals surface area contributed by atoms with Crippen LogP contribution in [-0.4, -0.2) is 38.1 Å². The molecule has 0 spiro atoms. The van der Waals surface area contributed by atoms with Crippen LogP contribution in [0.5, 0.6) is 11.5 Å². The summed E-state index contributed by atoms with van der Waals surface area (Å²) in [6.45, 7) is 4.51. The van der Waals surface area contributed by atoms with E-state index in [9.17, 15) is 9.59 Å². The first-order chi connectivity index (χ1) is 9.63. The van der Waals surface area contributed by atoms with E-state index in [1.54, 1.807) is 12.1 Å². The van der Waals surface area contributed by atoms with Gasteiger partial charge in [0.25, 0.3) is 5.91 Å². The molecule has 1 aromatic carbocycles. The lowest BCUT2D eigenvalue weighted by Crippen LogP contribution is -2.36. The van der Waals surface area contributed by atoms with Crippen LogP contribution >= 0.6 is 0 Å². The average molecular weight is 280 g/mol. The van der Waals surface area contributed by atoms with Crippen molar-refractivity contribution in [2.45, 2.75) is 13.8 Å². The molecule has 0 aliphatic rings. The molecular formula is C14H20N2O4. The Kier molecular flexibility index (Phi) is 6.95. The summed E-state index contributed by atoms with van der Waals surface area (Å²) in [6, 6.07) is 7.18. The second kappa shape index (κ2) is 8.79. The Morgan fingerprint density at radius 1 is 1.05 bits per heavy atom. The van der Waals surface area contributed by atoms with Crippen LogP contribution < -0.4 is 20.1 Å². The molecule has 6 heteroatoms. The van der Waals surface area contributed by atoms with Crippen LogP contribution in [0.15, 0.2) is 24.3 Å². The van der Waals surface area contributed by atoms with E-state index in [0.717, 1.165) is 0 Å². The van der Waals surface area contributed by atoms with Crippen LogP contribution in [0, 0.1) is 0 Å². The van der Waals surface area contributed by atoms with E-state index in [-0.39, 0.29) is 18.4 Å². The van der Waals surface area contributed by atoms with E-state index in [2.05, 4.69) is 10.6 Å². The molecule has 0 saturated carbocycles. The van der Waals surface area contributed by atoms with Gasteiger partial charge in [0.05, 0.1) is 6.61 Å². The zero-order valence-electron chi connectivity index (χ0n) is 11.8. The second-order valence-corrected chi connectivity index (χ2v) is 4.00. The molecule has 110 valence electrons. The number of nitrogens with one attached hydrogen (secondary N) is 2. The van der Waals surface area contributed by atoms with Crippen molar-refractivity contribution in [3.05, 3.63) is 24.3 Å². The number of hydrogen-bond acceptors (Lipinski definition) is 4. The van der Waals surface area contributed by atoms with Crippen LogP contribution in [-0.2, 0) is 9.59 Å². The summed E-state index contributed by atoms with van der Waals surface area (Å²) in [4.78, 5) is 22.2. The molecule has 1 rings (SSSR count). The number of ether oxygens (including phenoxy) is 2. The Morgan fingerprint density at radius 2 is 1.65 bits per heavy atom. The molecule has 2 N–H and O–H groups in total. The molecule has 0 bridgehead atoms. The van der Waals surface area contributed by atoms with Crippen molar-refractivity contribution in [3.8, 4) is 11.5 Å². The van der Waals surface area contributed by atoms with Crippen molar-refractivity contribution in [3.63, 3.8) is 0 Å². The zero-order valence-corrected chi connectivity index (χ0v) is 11.8. The average Bonchev–Trinajstić information content (AvgIpc) is 2.43. The summed E-state index contributed by atoms with van der Waals surface area (Å²) in [5.41, 5.74) is 0. The van der Waals surface area contributed by atoms with E-state index >= 15 is 0 Å². The molecule has 0 heterocycles. The van der Waals surface area contributed by atoms with Gasteiger partial charge in [0.15, 0.2) is 18.1 Å². The molecule has 0 atom stereocenters. The van der Waals surface area contributed by atoms with Crippen molar-refractivity contribution in [2.24, 2.45) is 0 Å². The first kappa shape index (κ1) is 15.8. The van der Waals surface area contributed by atoms with Crippen molar-refractivity contribution in [1.82, 2.24) is 10.6 Å². The van der Waals surface area contributed by atoms with Crippen molar-refractivity contribution in [1.29, 1.82) is 0 Å². The van der Waals surface area contributed by atoms with Gasteiger partial charge in [-0.3, -0.25) is 9.59 Å². The minimum atomic E-state index is -0.248. The Hall–Kier alpha value is -2.24. The lowest BCUT2D eigenvalue weighted by atomic mass is 10.3. The number of para-hydroxylation sites is 2. The predicted octanol–water partition coefficient (Wildman–Crippen LogP) is 0.716. The maximum Gasteiger partial charge on any atom is 0.258 e. The first-order valence-electron chi connectivity index (χ1n) is 6.49. The summed E-state index contributed by atoms with van der Waals surface area (Å²) in [6.07, 6.45) is 0. The second-order valence-electron chi connectivity index (χ2n) is 4.00. The van der Waals surface area contributed by atoms with Crippen molar-refractivity contribution >= 4 is 11.8 Å². The fourth-order valence-electron chi connectivity index (χ4n) is 1.48. The highest BCUT2D eigenvalue weighted by Gasteiger charge is 2.06. The van der Waals surface area contributed by atoms with Gasteiger partial charge in [-0.15, -0.1) is 0 Å². The molecule has 0 saturated heterocycles. The molecule has 20 heavy (non-hydrogen) atoms. The van der Waals surface area contributed by atoms with Gasteiger partial charge >= 0.3 is 0 Å². The first-order valence-corrected chi connectivity index (χ1v) is 6.49. The SMILES string of the molecule is CCOc1ccccc1OCC(=O)NCCNC(C)=O. The standard InChI is InChI=1S/C14H20N2O4/c1-3-19-12-6-4-5-7-13(12)20-10-14(18)16-9-8-15-11(2)17/h4-7H,3,8-10H2,1-2H3,(H,15,17)(H,16,18). The molecule has 0 fully saturated rings. The summed E-state index contributed by atoms with van der Waals surface area (Å²) in [7, 11) is 0. The molecule has 0 aliphatic carbocycles. The molecule has 0 radical (unpaired) electrons.